The highest BCUT2D eigenvalue weighted by Gasteiger charge is 2.14. The minimum atomic E-state index is -4.06. The van der Waals surface area contributed by atoms with Gasteiger partial charge in [-0.3, -0.25) is 4.55 Å². The summed E-state index contributed by atoms with van der Waals surface area (Å²) in [5.41, 5.74) is 0.731. The van der Waals surface area contributed by atoms with E-state index in [2.05, 4.69) is 12.1 Å². The number of nitrogens with zero attached hydrogens (tertiary/aromatic N) is 1. The lowest BCUT2D eigenvalue weighted by Gasteiger charge is -1.91. The first-order chi connectivity index (χ1) is 9.48. The molecule has 1 heterocycles. The van der Waals surface area contributed by atoms with Crippen LogP contribution in [0.2, 0.25) is 0 Å². The van der Waals surface area contributed by atoms with Crippen LogP contribution < -0.4 is 0 Å². The Bertz CT molecular complexity index is 620. The van der Waals surface area contributed by atoms with Gasteiger partial charge in [-0.05, 0) is 18.6 Å². The Morgan fingerprint density at radius 2 is 2.00 bits per heavy atom. The first-order valence-corrected chi connectivity index (χ1v) is 8.46. The lowest BCUT2D eigenvalue weighted by molar-refractivity contribution is 0.443. The maximum atomic E-state index is 10.6. The largest absolute Gasteiger partial charge is 0.356 e. The van der Waals surface area contributed by atoms with Crippen LogP contribution in [0, 0.1) is 0 Å². The standard InChI is InChI=1S/C8H7NO4S.C5H11Cl/c10-14(11,12)5-7-6-3-1-2-4-8(6)13-9-7;1-2-3-4-5-6/h1-4H,5H2,(H,10,11,12);2-5H2,1H3. The van der Waals surface area contributed by atoms with Crippen LogP contribution in [-0.4, -0.2) is 24.0 Å². The zero-order valence-electron chi connectivity index (χ0n) is 11.3. The second-order valence-electron chi connectivity index (χ2n) is 4.25. The number of unbranched alkanes of at least 4 members (excludes halogenated alkanes) is 2. The van der Waals surface area contributed by atoms with Crippen molar-refractivity contribution in [2.45, 2.75) is 31.9 Å². The van der Waals surface area contributed by atoms with Crippen LogP contribution in [0.1, 0.15) is 31.9 Å². The molecule has 1 aromatic heterocycles. The summed E-state index contributed by atoms with van der Waals surface area (Å²) >= 11 is 5.38. The van der Waals surface area contributed by atoms with E-state index in [0.717, 1.165) is 5.88 Å². The second-order valence-corrected chi connectivity index (χ2v) is 6.08. The van der Waals surface area contributed by atoms with E-state index in [-0.39, 0.29) is 5.69 Å². The van der Waals surface area contributed by atoms with E-state index < -0.39 is 15.9 Å². The highest BCUT2D eigenvalue weighted by molar-refractivity contribution is 7.85. The SMILES string of the molecule is CCCCCCl.O=S(=O)(O)Cc1noc2ccccc12. The zero-order valence-corrected chi connectivity index (χ0v) is 12.8. The Balaban J connectivity index is 0.000000286. The third kappa shape index (κ3) is 5.90. The molecule has 7 heteroatoms. The molecule has 0 aliphatic carbocycles. The van der Waals surface area contributed by atoms with Gasteiger partial charge in [-0.15, -0.1) is 11.6 Å². The van der Waals surface area contributed by atoms with Crippen molar-refractivity contribution in [2.75, 3.05) is 5.88 Å². The van der Waals surface area contributed by atoms with Gasteiger partial charge >= 0.3 is 0 Å². The van der Waals surface area contributed by atoms with E-state index in [1.165, 1.54) is 19.3 Å². The third-order valence-electron chi connectivity index (χ3n) is 2.51. The van der Waals surface area contributed by atoms with Crippen molar-refractivity contribution in [1.29, 1.82) is 0 Å². The molecule has 1 N–H and O–H groups in total. The van der Waals surface area contributed by atoms with Crippen LogP contribution in [0.25, 0.3) is 11.0 Å². The van der Waals surface area contributed by atoms with Gasteiger partial charge in [-0.25, -0.2) is 0 Å². The molecular weight excluding hydrogens is 302 g/mol. The summed E-state index contributed by atoms with van der Waals surface area (Å²) < 4.78 is 34.7. The third-order valence-corrected chi connectivity index (χ3v) is 3.41. The number of alkyl halides is 1. The quantitative estimate of drug-likeness (QED) is 0.517. The van der Waals surface area contributed by atoms with E-state index in [0.29, 0.717) is 11.0 Å². The minimum absolute atomic E-state index is 0.225. The number of benzene rings is 1. The Morgan fingerprint density at radius 1 is 1.30 bits per heavy atom. The molecule has 20 heavy (non-hydrogen) atoms. The van der Waals surface area contributed by atoms with Crippen LogP contribution in [0.5, 0.6) is 0 Å². The molecule has 0 saturated heterocycles. The number of para-hydroxylation sites is 1. The predicted molar refractivity (Wildman–Crippen MR) is 79.5 cm³/mol. The fourth-order valence-electron chi connectivity index (χ4n) is 1.56. The zero-order chi connectivity index (χ0) is 15.0. The van der Waals surface area contributed by atoms with E-state index in [1.807, 2.05) is 0 Å². The molecule has 0 saturated carbocycles. The van der Waals surface area contributed by atoms with Crippen LogP contribution in [0.4, 0.5) is 0 Å². The normalized spacial score (nSPS) is 11.2. The average Bonchev–Trinajstić information content (AvgIpc) is 2.79. The van der Waals surface area contributed by atoms with Gasteiger partial charge in [-0.2, -0.15) is 8.42 Å². The minimum Gasteiger partial charge on any atom is -0.356 e. The summed E-state index contributed by atoms with van der Waals surface area (Å²) in [7, 11) is -4.06. The first-order valence-electron chi connectivity index (χ1n) is 6.32. The molecule has 2 aromatic rings. The summed E-state index contributed by atoms with van der Waals surface area (Å²) in [4.78, 5) is 0. The van der Waals surface area contributed by atoms with Crippen LogP contribution in [0.15, 0.2) is 28.8 Å². The van der Waals surface area contributed by atoms with Crippen molar-refractivity contribution in [3.05, 3.63) is 30.0 Å². The fraction of sp³-hybridized carbons (Fsp3) is 0.462. The van der Waals surface area contributed by atoms with Gasteiger partial charge in [0.15, 0.2) is 5.58 Å². The molecule has 0 fully saturated rings. The topological polar surface area (TPSA) is 80.4 Å². The summed E-state index contributed by atoms with van der Waals surface area (Å²) in [5.74, 6) is 0.303. The maximum absolute atomic E-state index is 10.6. The van der Waals surface area contributed by atoms with Crippen molar-refractivity contribution in [3.8, 4) is 0 Å². The monoisotopic (exact) mass is 319 g/mol. The first kappa shape index (κ1) is 16.9. The Morgan fingerprint density at radius 3 is 2.55 bits per heavy atom. The van der Waals surface area contributed by atoms with Crippen LogP contribution in [0.3, 0.4) is 0 Å². The number of halogens is 1. The Hall–Kier alpha value is -1.11. The van der Waals surface area contributed by atoms with Crippen LogP contribution in [-0.2, 0) is 15.9 Å². The molecule has 112 valence electrons. The molecule has 0 aliphatic heterocycles. The van der Waals surface area contributed by atoms with E-state index in [4.69, 9.17) is 20.7 Å². The van der Waals surface area contributed by atoms with Crippen molar-refractivity contribution in [3.63, 3.8) is 0 Å². The van der Waals surface area contributed by atoms with E-state index in [9.17, 15) is 8.42 Å². The molecule has 0 amide bonds. The second kappa shape index (κ2) is 8.24. The van der Waals surface area contributed by atoms with Crippen molar-refractivity contribution < 1.29 is 17.5 Å². The van der Waals surface area contributed by atoms with Crippen molar-refractivity contribution >= 4 is 32.7 Å². The molecule has 0 aliphatic rings. The number of rotatable bonds is 5. The van der Waals surface area contributed by atoms with Gasteiger partial charge in [0.05, 0.1) is 0 Å². The van der Waals surface area contributed by atoms with Crippen molar-refractivity contribution in [1.82, 2.24) is 5.16 Å². The number of hydrogen-bond acceptors (Lipinski definition) is 4. The molecule has 0 spiro atoms. The highest BCUT2D eigenvalue weighted by atomic mass is 35.5. The smallest absolute Gasteiger partial charge is 0.270 e. The van der Waals surface area contributed by atoms with Gasteiger partial charge in [0.2, 0.25) is 0 Å². The molecule has 0 bridgehead atoms. The average molecular weight is 320 g/mol. The summed E-state index contributed by atoms with van der Waals surface area (Å²) in [6, 6.07) is 6.86. The van der Waals surface area contributed by atoms with Gasteiger partial charge in [0.1, 0.15) is 11.4 Å². The number of fused-ring (bicyclic) bond motifs is 1. The molecule has 0 unspecified atom stereocenters. The maximum Gasteiger partial charge on any atom is 0.270 e. The van der Waals surface area contributed by atoms with Gasteiger partial charge in [0, 0.05) is 11.3 Å². The predicted octanol–water partition coefficient (Wildman–Crippen LogP) is 3.63. The van der Waals surface area contributed by atoms with Crippen LogP contribution >= 0.6 is 11.6 Å². The Kier molecular flexibility index (Phi) is 6.98. The summed E-state index contributed by atoms with van der Waals surface area (Å²) in [6.45, 7) is 2.17. The molecule has 0 radical (unpaired) electrons. The molecule has 1 aromatic carbocycles. The van der Waals surface area contributed by atoms with Gasteiger partial charge in [0.25, 0.3) is 10.1 Å². The highest BCUT2D eigenvalue weighted by Crippen LogP contribution is 2.19. The molecule has 5 nitrogen and oxygen atoms in total. The molecule has 2 rings (SSSR count). The number of hydrogen-bond donors (Lipinski definition) is 1. The summed E-state index contributed by atoms with van der Waals surface area (Å²) in [5, 5.41) is 4.17. The number of aromatic nitrogens is 1. The Labute approximate surface area is 123 Å². The molecular formula is C13H18ClNO4S. The lowest BCUT2D eigenvalue weighted by atomic mass is 10.2. The van der Waals surface area contributed by atoms with E-state index >= 15 is 0 Å². The molecule has 0 atom stereocenters. The fourth-order valence-corrected chi connectivity index (χ4v) is 2.30. The van der Waals surface area contributed by atoms with Gasteiger partial charge in [-0.1, -0.05) is 37.1 Å². The lowest BCUT2D eigenvalue weighted by Crippen LogP contribution is -2.01. The summed E-state index contributed by atoms with van der Waals surface area (Å²) in [6.07, 6.45) is 3.73. The van der Waals surface area contributed by atoms with Crippen molar-refractivity contribution in [2.24, 2.45) is 0 Å². The van der Waals surface area contributed by atoms with E-state index in [1.54, 1.807) is 24.3 Å². The van der Waals surface area contributed by atoms with Gasteiger partial charge < -0.3 is 4.52 Å².